The lowest BCUT2D eigenvalue weighted by Gasteiger charge is -2.11. The van der Waals surface area contributed by atoms with Crippen molar-refractivity contribution in [2.24, 2.45) is 0 Å². The lowest BCUT2D eigenvalue weighted by molar-refractivity contribution is 0.0679. The quantitative estimate of drug-likeness (QED) is 0.641. The monoisotopic (exact) mass is 432 g/mol. The molecule has 1 atom stereocenters. The van der Waals surface area contributed by atoms with Gasteiger partial charge in [0.05, 0.1) is 21.2 Å². The van der Waals surface area contributed by atoms with Crippen molar-refractivity contribution in [3.05, 3.63) is 48.0 Å². The molecule has 0 spiro atoms. The number of sulfone groups is 1. The van der Waals surface area contributed by atoms with E-state index in [-0.39, 0.29) is 16.9 Å². The van der Waals surface area contributed by atoms with Crippen molar-refractivity contribution in [3.63, 3.8) is 0 Å². The van der Waals surface area contributed by atoms with Gasteiger partial charge < -0.3 is 9.47 Å². The number of carbonyl (C=O) groups is 1. The average molecular weight is 433 g/mol. The van der Waals surface area contributed by atoms with Crippen LogP contribution in [-0.4, -0.2) is 44.9 Å². The van der Waals surface area contributed by atoms with Gasteiger partial charge in [-0.1, -0.05) is 11.3 Å². The molecule has 2 heterocycles. The molecule has 0 aliphatic carbocycles. The fraction of sp³-hybridized carbons (Fsp3) is 0.300. The molecule has 0 bridgehead atoms. The number of anilines is 1. The first kappa shape index (κ1) is 19.8. The lowest BCUT2D eigenvalue weighted by atomic mass is 10.2. The van der Waals surface area contributed by atoms with Crippen LogP contribution in [0.2, 0.25) is 0 Å². The van der Waals surface area contributed by atoms with Gasteiger partial charge in [0.2, 0.25) is 0 Å². The Morgan fingerprint density at radius 3 is 2.76 bits per heavy atom. The second-order valence-corrected chi connectivity index (χ2v) is 9.89. The number of aromatic nitrogens is 1. The van der Waals surface area contributed by atoms with Crippen LogP contribution in [0.4, 0.5) is 5.13 Å². The number of rotatable bonds is 6. The van der Waals surface area contributed by atoms with Gasteiger partial charge in [-0.05, 0) is 55.3 Å². The first-order valence-electron chi connectivity index (χ1n) is 9.15. The van der Waals surface area contributed by atoms with E-state index in [1.54, 1.807) is 36.4 Å². The number of amides is 1. The maximum Gasteiger partial charge on any atom is 0.257 e. The maximum absolute atomic E-state index is 12.5. The molecule has 0 saturated carbocycles. The minimum absolute atomic E-state index is 0.139. The molecule has 0 radical (unpaired) electrons. The zero-order valence-electron chi connectivity index (χ0n) is 15.8. The fourth-order valence-electron chi connectivity index (χ4n) is 3.03. The first-order chi connectivity index (χ1) is 13.9. The highest BCUT2D eigenvalue weighted by Crippen LogP contribution is 2.28. The van der Waals surface area contributed by atoms with Crippen LogP contribution < -0.4 is 10.1 Å². The van der Waals surface area contributed by atoms with Gasteiger partial charge in [-0.3, -0.25) is 10.1 Å². The van der Waals surface area contributed by atoms with Crippen LogP contribution in [-0.2, 0) is 14.6 Å². The van der Waals surface area contributed by atoms with Crippen molar-refractivity contribution in [2.75, 3.05) is 24.8 Å². The molecule has 29 heavy (non-hydrogen) atoms. The Morgan fingerprint density at radius 2 is 2.07 bits per heavy atom. The normalized spacial score (nSPS) is 16.8. The van der Waals surface area contributed by atoms with Crippen LogP contribution in [0.3, 0.4) is 0 Å². The van der Waals surface area contributed by atoms with Crippen molar-refractivity contribution < 1.29 is 22.7 Å². The Bertz CT molecular complexity index is 1130. The molecule has 1 saturated heterocycles. The minimum atomic E-state index is -3.29. The fourth-order valence-corrected chi connectivity index (χ4v) is 4.65. The van der Waals surface area contributed by atoms with Gasteiger partial charge >= 0.3 is 0 Å². The van der Waals surface area contributed by atoms with E-state index >= 15 is 0 Å². The summed E-state index contributed by atoms with van der Waals surface area (Å²) < 4.78 is 35.3. The number of hydrogen-bond acceptors (Lipinski definition) is 7. The number of nitrogens with zero attached hydrogens (tertiary/aromatic N) is 1. The number of thiazole rings is 1. The summed E-state index contributed by atoms with van der Waals surface area (Å²) in [5.74, 6) is 0.392. The van der Waals surface area contributed by atoms with Gasteiger partial charge in [0.1, 0.15) is 12.4 Å². The summed E-state index contributed by atoms with van der Waals surface area (Å²) in [6.45, 7) is 1.29. The van der Waals surface area contributed by atoms with E-state index in [9.17, 15) is 13.2 Å². The Hall–Kier alpha value is -2.49. The molecule has 1 aliphatic rings. The molecular formula is C20H20N2O5S2. The van der Waals surface area contributed by atoms with Crippen LogP contribution >= 0.6 is 11.3 Å². The van der Waals surface area contributed by atoms with E-state index in [0.717, 1.165) is 25.7 Å². The third kappa shape index (κ3) is 4.75. The van der Waals surface area contributed by atoms with Crippen molar-refractivity contribution in [3.8, 4) is 5.75 Å². The molecule has 9 heteroatoms. The van der Waals surface area contributed by atoms with Gasteiger partial charge in [-0.15, -0.1) is 0 Å². The number of nitrogens with one attached hydrogen (secondary N) is 1. The first-order valence-corrected chi connectivity index (χ1v) is 11.9. The Balaban J connectivity index is 1.41. The summed E-state index contributed by atoms with van der Waals surface area (Å²) >= 11 is 1.23. The van der Waals surface area contributed by atoms with E-state index in [1.165, 1.54) is 17.4 Å². The Kier molecular flexibility index (Phi) is 5.53. The lowest BCUT2D eigenvalue weighted by Crippen LogP contribution is -2.16. The summed E-state index contributed by atoms with van der Waals surface area (Å²) in [4.78, 5) is 17.1. The SMILES string of the molecule is CS(=O)(=O)c1ccc2nc(NC(=O)c3ccc(OCC4CCCO4)cc3)sc2c1. The highest BCUT2D eigenvalue weighted by Gasteiger charge is 2.16. The number of fused-ring (bicyclic) bond motifs is 1. The van der Waals surface area contributed by atoms with Crippen LogP contribution in [0.25, 0.3) is 10.2 Å². The summed E-state index contributed by atoms with van der Waals surface area (Å²) in [6, 6.07) is 11.6. The van der Waals surface area contributed by atoms with Crippen LogP contribution in [0.15, 0.2) is 47.4 Å². The van der Waals surface area contributed by atoms with E-state index in [1.807, 2.05) is 0 Å². The molecule has 152 valence electrons. The molecule has 1 aliphatic heterocycles. The van der Waals surface area contributed by atoms with E-state index in [0.29, 0.717) is 33.3 Å². The largest absolute Gasteiger partial charge is 0.491 e. The predicted molar refractivity (Wildman–Crippen MR) is 112 cm³/mol. The zero-order chi connectivity index (χ0) is 20.4. The third-order valence-corrected chi connectivity index (χ3v) is 6.63. The molecule has 2 aromatic carbocycles. The van der Waals surface area contributed by atoms with Gasteiger partial charge in [-0.25, -0.2) is 13.4 Å². The topological polar surface area (TPSA) is 94.6 Å². The molecule has 1 unspecified atom stereocenters. The summed E-state index contributed by atoms with van der Waals surface area (Å²) in [5.41, 5.74) is 1.11. The van der Waals surface area contributed by atoms with E-state index in [2.05, 4.69) is 10.3 Å². The Morgan fingerprint density at radius 1 is 1.28 bits per heavy atom. The number of carbonyl (C=O) groups excluding carboxylic acids is 1. The summed E-state index contributed by atoms with van der Waals surface area (Å²) in [5, 5.41) is 3.17. The Labute approximate surface area is 172 Å². The van der Waals surface area contributed by atoms with E-state index in [4.69, 9.17) is 9.47 Å². The molecule has 3 aromatic rings. The predicted octanol–water partition coefficient (Wildman–Crippen LogP) is 3.51. The standard InChI is InChI=1S/C20H20N2O5S2/c1-29(24,25)16-8-9-17-18(11-16)28-20(21-17)22-19(23)13-4-6-14(7-5-13)27-12-15-3-2-10-26-15/h4-9,11,15H,2-3,10,12H2,1H3,(H,21,22,23). The molecule has 1 fully saturated rings. The molecule has 1 N–H and O–H groups in total. The number of ether oxygens (including phenoxy) is 2. The molecular weight excluding hydrogens is 412 g/mol. The van der Waals surface area contributed by atoms with Gasteiger partial charge in [-0.2, -0.15) is 0 Å². The van der Waals surface area contributed by atoms with Crippen LogP contribution in [0.5, 0.6) is 5.75 Å². The second kappa shape index (κ2) is 8.10. The van der Waals surface area contributed by atoms with Crippen LogP contribution in [0, 0.1) is 0 Å². The highest BCUT2D eigenvalue weighted by molar-refractivity contribution is 7.90. The maximum atomic E-state index is 12.5. The molecule has 4 rings (SSSR count). The zero-order valence-corrected chi connectivity index (χ0v) is 17.4. The van der Waals surface area contributed by atoms with Crippen molar-refractivity contribution in [2.45, 2.75) is 23.8 Å². The van der Waals surface area contributed by atoms with Gasteiger partial charge in [0.15, 0.2) is 15.0 Å². The summed E-state index contributed by atoms with van der Waals surface area (Å²) in [6.07, 6.45) is 3.37. The average Bonchev–Trinajstić information content (AvgIpc) is 3.34. The number of benzene rings is 2. The smallest absolute Gasteiger partial charge is 0.257 e. The van der Waals surface area contributed by atoms with Crippen molar-refractivity contribution in [1.29, 1.82) is 0 Å². The minimum Gasteiger partial charge on any atom is -0.491 e. The molecule has 1 aromatic heterocycles. The van der Waals surface area contributed by atoms with E-state index < -0.39 is 9.84 Å². The third-order valence-electron chi connectivity index (χ3n) is 4.58. The van der Waals surface area contributed by atoms with Gasteiger partial charge in [0, 0.05) is 18.4 Å². The molecule has 7 nitrogen and oxygen atoms in total. The van der Waals surface area contributed by atoms with Crippen LogP contribution in [0.1, 0.15) is 23.2 Å². The van der Waals surface area contributed by atoms with Gasteiger partial charge in [0.25, 0.3) is 5.91 Å². The van der Waals surface area contributed by atoms with Crippen molar-refractivity contribution >= 4 is 42.4 Å². The molecule has 1 amide bonds. The number of hydrogen-bond donors (Lipinski definition) is 1. The highest BCUT2D eigenvalue weighted by atomic mass is 32.2. The second-order valence-electron chi connectivity index (χ2n) is 6.85. The summed E-state index contributed by atoms with van der Waals surface area (Å²) in [7, 11) is -3.29. The van der Waals surface area contributed by atoms with Crippen molar-refractivity contribution in [1.82, 2.24) is 4.98 Å².